The van der Waals surface area contributed by atoms with Crippen molar-refractivity contribution in [3.63, 3.8) is 0 Å². The number of carbonyl (C=O) groups is 4. The maximum Gasteiger partial charge on any atom is 0.320 e. The largest absolute Gasteiger partial charge is 0.461 e. The van der Waals surface area contributed by atoms with E-state index in [0.717, 1.165) is 32.1 Å². The predicted molar refractivity (Wildman–Crippen MR) is 169 cm³/mol. The van der Waals surface area contributed by atoms with E-state index in [9.17, 15) is 19.2 Å². The van der Waals surface area contributed by atoms with E-state index in [1.807, 2.05) is 19.6 Å². The number of hydrogen-bond donors (Lipinski definition) is 1. The number of nitrogens with one attached hydrogen (secondary N) is 1. The van der Waals surface area contributed by atoms with E-state index in [0.29, 0.717) is 97.6 Å². The molecule has 4 aliphatic rings. The van der Waals surface area contributed by atoms with Gasteiger partial charge in [0, 0.05) is 70.4 Å². The lowest BCUT2D eigenvalue weighted by Gasteiger charge is -2.34. The molecule has 6 bridgehead atoms. The van der Waals surface area contributed by atoms with Crippen molar-refractivity contribution in [2.45, 2.75) is 82.5 Å². The number of carbonyl (C=O) groups excluding carboxylic acids is 4. The van der Waals surface area contributed by atoms with E-state index in [1.165, 1.54) is 0 Å². The highest BCUT2D eigenvalue weighted by Crippen LogP contribution is 2.23. The van der Waals surface area contributed by atoms with Crippen LogP contribution in [0.1, 0.15) is 64.2 Å². The first-order valence-electron chi connectivity index (χ1n) is 17.1. The van der Waals surface area contributed by atoms with E-state index in [1.54, 1.807) is 0 Å². The molecule has 4 fully saturated rings. The zero-order valence-electron chi connectivity index (χ0n) is 27.2. The van der Waals surface area contributed by atoms with Crippen molar-refractivity contribution in [1.29, 1.82) is 0 Å². The maximum absolute atomic E-state index is 13.3. The molecule has 15 nitrogen and oxygen atoms in total. The molecule has 3 heterocycles. The number of rotatable bonds is 6. The Kier molecular flexibility index (Phi) is 15.3. The second-order valence-corrected chi connectivity index (χ2v) is 12.9. The molecule has 3 aliphatic heterocycles. The number of ether oxygens (including phenoxy) is 3. The molecule has 0 spiro atoms. The van der Waals surface area contributed by atoms with Gasteiger partial charge in [-0.25, -0.2) is 0 Å². The molecule has 6 atom stereocenters. The van der Waals surface area contributed by atoms with Crippen LogP contribution in [-0.2, 0) is 33.4 Å². The summed E-state index contributed by atoms with van der Waals surface area (Å²) in [7, 11) is 0. The summed E-state index contributed by atoms with van der Waals surface area (Å²) >= 11 is 0. The van der Waals surface area contributed by atoms with E-state index in [4.69, 9.17) is 19.7 Å². The Balaban J connectivity index is 1.59. The van der Waals surface area contributed by atoms with Crippen LogP contribution in [0.2, 0.25) is 0 Å². The smallest absolute Gasteiger partial charge is 0.320 e. The van der Waals surface area contributed by atoms with Gasteiger partial charge in [0.25, 0.3) is 0 Å². The number of azide groups is 1. The number of nitrogens with zero attached hydrogens (tertiary/aromatic N) is 7. The first kappa shape index (κ1) is 35.9. The van der Waals surface area contributed by atoms with Crippen LogP contribution in [0.5, 0.6) is 0 Å². The molecule has 3 unspecified atom stereocenters. The molecular formula is C31H52N8O7. The topological polar surface area (TPSA) is 170 Å². The normalized spacial score (nSPS) is 31.2. The third-order valence-corrected chi connectivity index (χ3v) is 9.24. The number of fused-ring (bicyclic) bond motifs is 10. The molecule has 0 aromatic heterocycles. The van der Waals surface area contributed by atoms with Gasteiger partial charge in [0.15, 0.2) is 0 Å². The van der Waals surface area contributed by atoms with E-state index < -0.39 is 0 Å². The molecule has 258 valence electrons. The van der Waals surface area contributed by atoms with Gasteiger partial charge >= 0.3 is 17.9 Å². The summed E-state index contributed by atoms with van der Waals surface area (Å²) in [5.74, 6) is -0.899. The molecule has 0 radical (unpaired) electrons. The highest BCUT2D eigenvalue weighted by molar-refractivity contribution is 5.78. The summed E-state index contributed by atoms with van der Waals surface area (Å²) in [5, 5.41) is 6.40. The first-order valence-corrected chi connectivity index (χ1v) is 17.1. The molecule has 0 aromatic carbocycles. The van der Waals surface area contributed by atoms with Crippen LogP contribution >= 0.6 is 0 Å². The molecule has 3 saturated heterocycles. The fourth-order valence-corrected chi connectivity index (χ4v) is 6.56. The number of amides is 1. The number of hydrogen-bond acceptors (Lipinski definition) is 12. The molecule has 15 heteroatoms. The van der Waals surface area contributed by atoms with Crippen LogP contribution in [-0.4, -0.2) is 153 Å². The minimum Gasteiger partial charge on any atom is -0.461 e. The van der Waals surface area contributed by atoms with E-state index >= 15 is 0 Å². The van der Waals surface area contributed by atoms with Crippen LogP contribution in [0.4, 0.5) is 0 Å². The van der Waals surface area contributed by atoms with Gasteiger partial charge in [0.2, 0.25) is 5.91 Å². The molecule has 1 saturated carbocycles. The van der Waals surface area contributed by atoms with Crippen molar-refractivity contribution in [1.82, 2.24) is 24.9 Å². The van der Waals surface area contributed by atoms with Gasteiger partial charge in [-0.2, -0.15) is 0 Å². The first-order chi connectivity index (χ1) is 22.4. The lowest BCUT2D eigenvalue weighted by molar-refractivity contribution is -0.158. The lowest BCUT2D eigenvalue weighted by atomic mass is 9.96. The summed E-state index contributed by atoms with van der Waals surface area (Å²) in [6.07, 6.45) is 6.38. The van der Waals surface area contributed by atoms with Gasteiger partial charge in [0.1, 0.15) is 18.3 Å². The monoisotopic (exact) mass is 648 g/mol. The van der Waals surface area contributed by atoms with Crippen molar-refractivity contribution >= 4 is 23.8 Å². The zero-order chi connectivity index (χ0) is 32.6. The predicted octanol–water partition coefficient (Wildman–Crippen LogP) is 1.31. The Bertz CT molecular complexity index is 1010. The Hall–Kier alpha value is -2.97. The van der Waals surface area contributed by atoms with Crippen molar-refractivity contribution in [2.24, 2.45) is 5.11 Å². The maximum atomic E-state index is 13.3. The van der Waals surface area contributed by atoms with Crippen LogP contribution in [0.3, 0.4) is 0 Å². The van der Waals surface area contributed by atoms with Crippen molar-refractivity contribution in [3.8, 4) is 0 Å². The van der Waals surface area contributed by atoms with Crippen molar-refractivity contribution in [2.75, 3.05) is 91.6 Å². The minimum absolute atomic E-state index is 0.136. The number of esters is 3. The van der Waals surface area contributed by atoms with Crippen LogP contribution in [0, 0.1) is 0 Å². The Morgan fingerprint density at radius 3 is 1.59 bits per heavy atom. The molecule has 1 aliphatic carbocycles. The summed E-state index contributed by atoms with van der Waals surface area (Å²) < 4.78 is 18.2. The molecule has 1 N–H and O–H groups in total. The second-order valence-electron chi connectivity index (χ2n) is 12.9. The van der Waals surface area contributed by atoms with Crippen LogP contribution in [0.15, 0.2) is 5.11 Å². The van der Waals surface area contributed by atoms with Crippen molar-refractivity contribution in [3.05, 3.63) is 10.4 Å². The van der Waals surface area contributed by atoms with Gasteiger partial charge in [-0.15, -0.1) is 0 Å². The van der Waals surface area contributed by atoms with Crippen LogP contribution < -0.4 is 5.32 Å². The second kappa shape index (κ2) is 19.6. The van der Waals surface area contributed by atoms with Gasteiger partial charge in [-0.1, -0.05) is 11.5 Å². The third-order valence-electron chi connectivity index (χ3n) is 9.24. The van der Waals surface area contributed by atoms with Gasteiger partial charge < -0.3 is 19.5 Å². The van der Waals surface area contributed by atoms with Gasteiger partial charge in [-0.05, 0) is 63.3 Å². The zero-order valence-corrected chi connectivity index (χ0v) is 27.2. The molecule has 0 aromatic rings. The molecule has 1 amide bonds. The Morgan fingerprint density at radius 2 is 1.13 bits per heavy atom. The van der Waals surface area contributed by atoms with E-state index in [-0.39, 0.29) is 68.3 Å². The van der Waals surface area contributed by atoms with Gasteiger partial charge in [0.05, 0.1) is 26.2 Å². The minimum atomic E-state index is -0.324. The summed E-state index contributed by atoms with van der Waals surface area (Å²) in [4.78, 5) is 63.7. The summed E-state index contributed by atoms with van der Waals surface area (Å²) in [6, 6.07) is 0. The highest BCUT2D eigenvalue weighted by atomic mass is 16.6. The molecule has 46 heavy (non-hydrogen) atoms. The summed E-state index contributed by atoms with van der Waals surface area (Å²) in [5.41, 5.74) is 8.47. The average Bonchev–Trinajstić information content (AvgIpc) is 3.01. The highest BCUT2D eigenvalue weighted by Gasteiger charge is 2.28. The average molecular weight is 649 g/mol. The fraction of sp³-hybridized carbons (Fsp3) is 0.871. The fourth-order valence-electron chi connectivity index (χ4n) is 6.56. The Labute approximate surface area is 271 Å². The Morgan fingerprint density at radius 1 is 0.696 bits per heavy atom. The third kappa shape index (κ3) is 13.4. The van der Waals surface area contributed by atoms with Crippen LogP contribution in [0.25, 0.3) is 10.4 Å². The lowest BCUT2D eigenvalue weighted by Crippen LogP contribution is -2.50. The summed E-state index contributed by atoms with van der Waals surface area (Å²) in [6.45, 7) is 5.49. The van der Waals surface area contributed by atoms with Gasteiger partial charge in [-0.3, -0.25) is 38.8 Å². The standard InChI is InChI=1S/C31H52N8O7/c32-35-34-12-4-11-33-28(40)21-36-13-15-37-17-19-39-20-18-38(16-14-36)23-30(42)45-26-6-3-1-2-5-25(44-29(41)22-37)7-9-27(10-8-26)46-31(43)24-39/h25-27H,1-24H2,(H,33,40)/t25-,26+,27-. The van der Waals surface area contributed by atoms with Crippen molar-refractivity contribution < 1.29 is 33.4 Å². The quantitative estimate of drug-likeness (QED) is 0.110. The van der Waals surface area contributed by atoms with E-state index in [2.05, 4.69) is 15.3 Å². The SMILES string of the molecule is [N-]=[N+]=NCCCNC(=O)CN1CCN2CCN3CCN(CC1)CC(=O)O[C@H]1CCCCC[C@H](CC[C@H](CC1)OC(=O)C3)OC(=O)C2. The molecule has 4 rings (SSSR count). The molecular weight excluding hydrogens is 596 g/mol.